The molecule has 1 rings (SSSR count). The van der Waals surface area contributed by atoms with Gasteiger partial charge in [-0.25, -0.2) is 0 Å². The summed E-state index contributed by atoms with van der Waals surface area (Å²) in [6.07, 6.45) is 4.04. The summed E-state index contributed by atoms with van der Waals surface area (Å²) in [6, 6.07) is 5.35. The van der Waals surface area contributed by atoms with Gasteiger partial charge in [-0.15, -0.1) is 0 Å². The van der Waals surface area contributed by atoms with Gasteiger partial charge in [-0.1, -0.05) is 38.8 Å². The van der Waals surface area contributed by atoms with Crippen LogP contribution in [0.15, 0.2) is 18.2 Å². The number of benzene rings is 1. The van der Waals surface area contributed by atoms with E-state index < -0.39 is 0 Å². The van der Waals surface area contributed by atoms with E-state index in [1.807, 2.05) is 12.1 Å². The van der Waals surface area contributed by atoms with Gasteiger partial charge in [0.1, 0.15) is 5.75 Å². The molecule has 82 valence electrons. The number of phenols is 1. The average molecular weight is 206 g/mol. The van der Waals surface area contributed by atoms with E-state index in [1.165, 1.54) is 0 Å². The van der Waals surface area contributed by atoms with E-state index >= 15 is 0 Å². The molecule has 1 unspecified atom stereocenters. The Labute approximate surface area is 90.9 Å². The van der Waals surface area contributed by atoms with Crippen molar-refractivity contribution in [2.75, 3.05) is 0 Å². The fraction of sp³-hybridized carbons (Fsp3) is 0.462. The van der Waals surface area contributed by atoms with Crippen molar-refractivity contribution in [3.05, 3.63) is 29.3 Å². The van der Waals surface area contributed by atoms with Crippen LogP contribution in [0.4, 0.5) is 0 Å². The van der Waals surface area contributed by atoms with Crippen LogP contribution in [0.5, 0.6) is 5.75 Å². The maximum absolute atomic E-state index is 10.7. The number of carbonyl (C=O) groups excluding carboxylic acids is 1. The second-order valence-corrected chi connectivity index (χ2v) is 3.95. The minimum absolute atomic E-state index is 0.149. The van der Waals surface area contributed by atoms with Gasteiger partial charge in [-0.3, -0.25) is 4.79 Å². The minimum Gasteiger partial charge on any atom is -0.507 e. The molecule has 0 aromatic heterocycles. The lowest BCUT2D eigenvalue weighted by atomic mass is 9.93. The number of hydrogen-bond donors (Lipinski definition) is 1. The predicted octanol–water partition coefficient (Wildman–Crippen LogP) is 3.50. The smallest absolute Gasteiger partial charge is 0.153 e. The molecule has 1 atom stereocenters. The van der Waals surface area contributed by atoms with Gasteiger partial charge in [0.05, 0.1) is 5.56 Å². The van der Waals surface area contributed by atoms with E-state index in [2.05, 4.69) is 13.8 Å². The van der Waals surface area contributed by atoms with Gasteiger partial charge < -0.3 is 5.11 Å². The lowest BCUT2D eigenvalue weighted by molar-refractivity contribution is 0.112. The van der Waals surface area contributed by atoms with Crippen molar-refractivity contribution in [1.82, 2.24) is 0 Å². The number of hydrogen-bond acceptors (Lipinski definition) is 2. The Hall–Kier alpha value is -1.31. The summed E-state index contributed by atoms with van der Waals surface area (Å²) in [4.78, 5) is 10.7. The van der Waals surface area contributed by atoms with Crippen LogP contribution in [0.25, 0.3) is 0 Å². The van der Waals surface area contributed by atoms with E-state index in [0.29, 0.717) is 17.8 Å². The summed E-state index contributed by atoms with van der Waals surface area (Å²) in [5, 5.41) is 9.83. The van der Waals surface area contributed by atoms with Crippen molar-refractivity contribution >= 4 is 6.29 Å². The van der Waals surface area contributed by atoms with Crippen LogP contribution in [0.1, 0.15) is 54.9 Å². The number of carbonyl (C=O) groups is 1. The monoisotopic (exact) mass is 206 g/mol. The Morgan fingerprint density at radius 2 is 2.20 bits per heavy atom. The van der Waals surface area contributed by atoms with Gasteiger partial charge in [0.2, 0.25) is 0 Å². The number of unbranched alkanes of at least 4 members (excludes halogenated alkanes) is 1. The molecule has 0 fully saturated rings. The standard InChI is InChI=1S/C13H18O2/c1-3-4-6-10(2)12-8-5-7-11(9-14)13(12)15/h5,7-10,15H,3-4,6H2,1-2H3. The number of aldehydes is 1. The van der Waals surface area contributed by atoms with Gasteiger partial charge in [0.15, 0.2) is 6.29 Å². The molecule has 0 radical (unpaired) electrons. The second kappa shape index (κ2) is 5.54. The number of para-hydroxylation sites is 1. The van der Waals surface area contributed by atoms with E-state index in [0.717, 1.165) is 24.8 Å². The SMILES string of the molecule is CCCCC(C)c1cccc(C=O)c1O. The zero-order valence-electron chi connectivity index (χ0n) is 9.36. The molecule has 1 aromatic rings. The van der Waals surface area contributed by atoms with Crippen LogP contribution in [-0.4, -0.2) is 11.4 Å². The molecular weight excluding hydrogens is 188 g/mol. The first-order valence-corrected chi connectivity index (χ1v) is 5.47. The molecule has 0 saturated heterocycles. The highest BCUT2D eigenvalue weighted by Gasteiger charge is 2.12. The Balaban J connectivity index is 2.88. The molecule has 0 aliphatic heterocycles. The van der Waals surface area contributed by atoms with Crippen molar-refractivity contribution < 1.29 is 9.90 Å². The van der Waals surface area contributed by atoms with Gasteiger partial charge in [0.25, 0.3) is 0 Å². The third-order valence-corrected chi connectivity index (χ3v) is 2.75. The van der Waals surface area contributed by atoms with Crippen molar-refractivity contribution in [3.63, 3.8) is 0 Å². The van der Waals surface area contributed by atoms with Crippen molar-refractivity contribution in [1.29, 1.82) is 0 Å². The number of phenolic OH excluding ortho intramolecular Hbond substituents is 1. The first-order chi connectivity index (χ1) is 7.20. The number of rotatable bonds is 5. The van der Waals surface area contributed by atoms with Crippen LogP contribution in [-0.2, 0) is 0 Å². The highest BCUT2D eigenvalue weighted by atomic mass is 16.3. The fourth-order valence-corrected chi connectivity index (χ4v) is 1.74. The number of aromatic hydroxyl groups is 1. The summed E-state index contributed by atoms with van der Waals surface area (Å²) in [5.41, 5.74) is 1.27. The summed E-state index contributed by atoms with van der Waals surface area (Å²) in [5.74, 6) is 0.459. The van der Waals surface area contributed by atoms with Gasteiger partial charge in [0, 0.05) is 0 Å². The molecule has 0 heterocycles. The van der Waals surface area contributed by atoms with E-state index in [4.69, 9.17) is 0 Å². The van der Waals surface area contributed by atoms with Crippen LogP contribution < -0.4 is 0 Å². The molecule has 1 aromatic carbocycles. The Morgan fingerprint density at radius 3 is 2.80 bits per heavy atom. The maximum atomic E-state index is 10.7. The normalized spacial score (nSPS) is 12.4. The first kappa shape index (κ1) is 11.8. The largest absolute Gasteiger partial charge is 0.507 e. The van der Waals surface area contributed by atoms with Crippen molar-refractivity contribution in [3.8, 4) is 5.75 Å². The average Bonchev–Trinajstić information content (AvgIpc) is 2.26. The zero-order valence-corrected chi connectivity index (χ0v) is 9.36. The molecule has 0 aliphatic carbocycles. The Morgan fingerprint density at radius 1 is 1.47 bits per heavy atom. The van der Waals surface area contributed by atoms with Crippen LogP contribution >= 0.6 is 0 Å². The third kappa shape index (κ3) is 2.82. The molecule has 0 aliphatic rings. The molecule has 0 amide bonds. The lowest BCUT2D eigenvalue weighted by Gasteiger charge is -2.13. The van der Waals surface area contributed by atoms with Crippen LogP contribution in [0.3, 0.4) is 0 Å². The van der Waals surface area contributed by atoms with Crippen LogP contribution in [0.2, 0.25) is 0 Å². The third-order valence-electron chi connectivity index (χ3n) is 2.75. The predicted molar refractivity (Wildman–Crippen MR) is 61.4 cm³/mol. The summed E-state index contributed by atoms with van der Waals surface area (Å²) < 4.78 is 0. The van der Waals surface area contributed by atoms with E-state index in [9.17, 15) is 9.90 Å². The quantitative estimate of drug-likeness (QED) is 0.749. The van der Waals surface area contributed by atoms with Gasteiger partial charge in [-0.2, -0.15) is 0 Å². The van der Waals surface area contributed by atoms with Crippen molar-refractivity contribution in [2.24, 2.45) is 0 Å². The molecule has 1 N–H and O–H groups in total. The highest BCUT2D eigenvalue weighted by molar-refractivity contribution is 5.80. The molecule has 0 spiro atoms. The Bertz CT molecular complexity index is 331. The summed E-state index contributed by atoms with van der Waals surface area (Å²) in [7, 11) is 0. The maximum Gasteiger partial charge on any atom is 0.153 e. The van der Waals surface area contributed by atoms with Crippen LogP contribution in [0, 0.1) is 0 Å². The molecule has 0 saturated carbocycles. The van der Waals surface area contributed by atoms with Gasteiger partial charge >= 0.3 is 0 Å². The van der Waals surface area contributed by atoms with E-state index in [-0.39, 0.29) is 5.75 Å². The molecule has 2 nitrogen and oxygen atoms in total. The lowest BCUT2D eigenvalue weighted by Crippen LogP contribution is -1.96. The molecular formula is C13H18O2. The Kier molecular flexibility index (Phi) is 4.35. The molecule has 0 bridgehead atoms. The highest BCUT2D eigenvalue weighted by Crippen LogP contribution is 2.31. The van der Waals surface area contributed by atoms with Gasteiger partial charge in [-0.05, 0) is 24.0 Å². The minimum atomic E-state index is 0.149. The summed E-state index contributed by atoms with van der Waals surface area (Å²) in [6.45, 7) is 4.23. The fourth-order valence-electron chi connectivity index (χ4n) is 1.74. The summed E-state index contributed by atoms with van der Waals surface area (Å²) >= 11 is 0. The first-order valence-electron chi connectivity index (χ1n) is 5.47. The molecule has 2 heteroatoms. The topological polar surface area (TPSA) is 37.3 Å². The van der Waals surface area contributed by atoms with Crippen molar-refractivity contribution in [2.45, 2.75) is 39.0 Å². The second-order valence-electron chi connectivity index (χ2n) is 3.95. The molecule has 15 heavy (non-hydrogen) atoms. The van der Waals surface area contributed by atoms with E-state index in [1.54, 1.807) is 6.07 Å². The zero-order chi connectivity index (χ0) is 11.3.